The Morgan fingerprint density at radius 3 is 2.96 bits per heavy atom. The second-order valence-corrected chi connectivity index (χ2v) is 7.33. The normalized spacial score (nSPS) is 18.9. The summed E-state index contributed by atoms with van der Waals surface area (Å²) < 4.78 is 30.2. The van der Waals surface area contributed by atoms with E-state index in [9.17, 15) is 13.2 Å². The molecule has 1 aromatic carbocycles. The third-order valence-corrected chi connectivity index (χ3v) is 4.90. The Hall–Kier alpha value is -2.04. The molecular formula is C16H20N2O4S. The Kier molecular flexibility index (Phi) is 5.64. The Balaban J connectivity index is 2.10. The SMILES string of the molecule is C#CCOc1cccc(NC(=O)[C@H]2CCCCN2S(C)(=O)=O)c1. The Bertz CT molecular complexity index is 709. The van der Waals surface area contributed by atoms with Crippen LogP contribution in [0.25, 0.3) is 0 Å². The molecule has 1 aliphatic heterocycles. The Morgan fingerprint density at radius 2 is 2.26 bits per heavy atom. The minimum Gasteiger partial charge on any atom is -0.481 e. The van der Waals surface area contributed by atoms with Gasteiger partial charge in [-0.2, -0.15) is 4.31 Å². The van der Waals surface area contributed by atoms with Crippen LogP contribution in [0.15, 0.2) is 24.3 Å². The highest BCUT2D eigenvalue weighted by Gasteiger charge is 2.34. The van der Waals surface area contributed by atoms with Crippen LogP contribution in [0.3, 0.4) is 0 Å². The number of sulfonamides is 1. The number of nitrogens with zero attached hydrogens (tertiary/aromatic N) is 1. The summed E-state index contributed by atoms with van der Waals surface area (Å²) in [5.41, 5.74) is 0.545. The van der Waals surface area contributed by atoms with Crippen molar-refractivity contribution in [2.75, 3.05) is 24.7 Å². The van der Waals surface area contributed by atoms with Crippen molar-refractivity contribution in [1.29, 1.82) is 0 Å². The Labute approximate surface area is 136 Å². The predicted octanol–water partition coefficient (Wildman–Crippen LogP) is 1.45. The highest BCUT2D eigenvalue weighted by molar-refractivity contribution is 7.88. The molecule has 0 saturated carbocycles. The van der Waals surface area contributed by atoms with Gasteiger partial charge in [0.25, 0.3) is 0 Å². The molecular weight excluding hydrogens is 316 g/mol. The van der Waals surface area contributed by atoms with Crippen molar-refractivity contribution < 1.29 is 17.9 Å². The molecule has 1 saturated heterocycles. The molecule has 1 aliphatic rings. The number of hydrogen-bond acceptors (Lipinski definition) is 4. The van der Waals surface area contributed by atoms with Crippen LogP contribution >= 0.6 is 0 Å². The highest BCUT2D eigenvalue weighted by Crippen LogP contribution is 2.23. The van der Waals surface area contributed by atoms with Crippen LogP contribution < -0.4 is 10.1 Å². The van der Waals surface area contributed by atoms with Crippen molar-refractivity contribution in [3.63, 3.8) is 0 Å². The molecule has 1 heterocycles. The number of rotatable bonds is 5. The fourth-order valence-electron chi connectivity index (χ4n) is 2.58. The maximum absolute atomic E-state index is 12.5. The second-order valence-electron chi connectivity index (χ2n) is 5.40. The minimum absolute atomic E-state index is 0.141. The van der Waals surface area contributed by atoms with Gasteiger partial charge in [-0.05, 0) is 25.0 Å². The van der Waals surface area contributed by atoms with E-state index in [0.29, 0.717) is 24.4 Å². The molecule has 0 aliphatic carbocycles. The van der Waals surface area contributed by atoms with Crippen LogP contribution in [0, 0.1) is 12.3 Å². The monoisotopic (exact) mass is 336 g/mol. The summed E-state index contributed by atoms with van der Waals surface area (Å²) in [6.07, 6.45) is 8.39. The van der Waals surface area contributed by atoms with Crippen LogP contribution in [0.5, 0.6) is 5.75 Å². The van der Waals surface area contributed by atoms with Crippen molar-refractivity contribution in [3.05, 3.63) is 24.3 Å². The van der Waals surface area contributed by atoms with Crippen LogP contribution in [0.1, 0.15) is 19.3 Å². The molecule has 1 aromatic rings. The lowest BCUT2D eigenvalue weighted by molar-refractivity contribution is -0.120. The zero-order valence-corrected chi connectivity index (χ0v) is 13.8. The van der Waals surface area contributed by atoms with Crippen LogP contribution in [-0.2, 0) is 14.8 Å². The van der Waals surface area contributed by atoms with Crippen LogP contribution in [0.2, 0.25) is 0 Å². The van der Waals surface area contributed by atoms with E-state index in [1.807, 2.05) is 0 Å². The van der Waals surface area contributed by atoms with Gasteiger partial charge in [-0.15, -0.1) is 6.42 Å². The molecule has 0 aromatic heterocycles. The van der Waals surface area contributed by atoms with Gasteiger partial charge in [0.15, 0.2) is 0 Å². The predicted molar refractivity (Wildman–Crippen MR) is 88.6 cm³/mol. The molecule has 124 valence electrons. The van der Waals surface area contributed by atoms with Gasteiger partial charge in [0, 0.05) is 18.3 Å². The van der Waals surface area contributed by atoms with E-state index in [-0.39, 0.29) is 12.5 Å². The molecule has 1 fully saturated rings. The topological polar surface area (TPSA) is 75.7 Å². The fraction of sp³-hybridized carbons (Fsp3) is 0.438. The van der Waals surface area contributed by atoms with E-state index in [0.717, 1.165) is 19.1 Å². The summed E-state index contributed by atoms with van der Waals surface area (Å²) in [7, 11) is -3.41. The molecule has 1 amide bonds. The minimum atomic E-state index is -3.41. The first-order valence-electron chi connectivity index (χ1n) is 7.36. The van der Waals surface area contributed by atoms with E-state index in [2.05, 4.69) is 11.2 Å². The molecule has 6 nitrogen and oxygen atoms in total. The number of carbonyl (C=O) groups is 1. The summed E-state index contributed by atoms with van der Waals surface area (Å²) in [5.74, 6) is 2.58. The van der Waals surface area contributed by atoms with Crippen molar-refractivity contribution in [3.8, 4) is 18.1 Å². The molecule has 1 atom stereocenters. The van der Waals surface area contributed by atoms with Crippen molar-refractivity contribution in [2.45, 2.75) is 25.3 Å². The quantitative estimate of drug-likeness (QED) is 0.826. The molecule has 0 spiro atoms. The largest absolute Gasteiger partial charge is 0.481 e. The molecule has 2 rings (SSSR count). The van der Waals surface area contributed by atoms with Crippen molar-refractivity contribution in [1.82, 2.24) is 4.31 Å². The zero-order valence-electron chi connectivity index (χ0n) is 13.0. The van der Waals surface area contributed by atoms with E-state index in [1.165, 1.54) is 4.31 Å². The summed E-state index contributed by atoms with van der Waals surface area (Å²) in [6.45, 7) is 0.518. The first-order chi connectivity index (χ1) is 10.9. The van der Waals surface area contributed by atoms with Gasteiger partial charge in [0.05, 0.1) is 6.26 Å². The third-order valence-electron chi connectivity index (χ3n) is 3.61. The number of nitrogens with one attached hydrogen (secondary N) is 1. The lowest BCUT2D eigenvalue weighted by atomic mass is 10.0. The number of terminal acetylenes is 1. The summed E-state index contributed by atoms with van der Waals surface area (Å²) in [4.78, 5) is 12.5. The van der Waals surface area contributed by atoms with E-state index in [4.69, 9.17) is 11.2 Å². The molecule has 23 heavy (non-hydrogen) atoms. The first-order valence-corrected chi connectivity index (χ1v) is 9.20. The fourth-order valence-corrected chi connectivity index (χ4v) is 3.70. The van der Waals surface area contributed by atoms with Gasteiger partial charge in [-0.1, -0.05) is 18.4 Å². The van der Waals surface area contributed by atoms with Gasteiger partial charge in [-0.3, -0.25) is 4.79 Å². The Morgan fingerprint density at radius 1 is 1.48 bits per heavy atom. The smallest absolute Gasteiger partial charge is 0.242 e. The zero-order chi connectivity index (χ0) is 16.9. The average molecular weight is 336 g/mol. The van der Waals surface area contributed by atoms with Crippen LogP contribution in [-0.4, -0.2) is 44.1 Å². The van der Waals surface area contributed by atoms with E-state index >= 15 is 0 Å². The lowest BCUT2D eigenvalue weighted by Gasteiger charge is -2.32. The standard InChI is InChI=1S/C16H20N2O4S/c1-3-11-22-14-8-6-7-13(12-14)17-16(19)15-9-4-5-10-18(15)23(2,20)21/h1,6-8,12,15H,4-5,9-11H2,2H3,(H,17,19)/t15-/m1/s1. The summed E-state index contributed by atoms with van der Waals surface area (Å²) in [6, 6.07) is 6.17. The van der Waals surface area contributed by atoms with Crippen molar-refractivity contribution >= 4 is 21.6 Å². The maximum Gasteiger partial charge on any atom is 0.242 e. The van der Waals surface area contributed by atoms with E-state index < -0.39 is 16.1 Å². The van der Waals surface area contributed by atoms with Gasteiger partial charge in [-0.25, -0.2) is 8.42 Å². The number of hydrogen-bond donors (Lipinski definition) is 1. The van der Waals surface area contributed by atoms with E-state index in [1.54, 1.807) is 24.3 Å². The van der Waals surface area contributed by atoms with Crippen LogP contribution in [0.4, 0.5) is 5.69 Å². The number of amides is 1. The molecule has 0 unspecified atom stereocenters. The average Bonchev–Trinajstić information content (AvgIpc) is 2.52. The number of ether oxygens (including phenoxy) is 1. The van der Waals surface area contributed by atoms with Gasteiger partial charge < -0.3 is 10.1 Å². The summed E-state index contributed by atoms with van der Waals surface area (Å²) in [5, 5.41) is 2.75. The lowest BCUT2D eigenvalue weighted by Crippen LogP contribution is -2.49. The molecule has 0 radical (unpaired) electrons. The highest BCUT2D eigenvalue weighted by atomic mass is 32.2. The molecule has 0 bridgehead atoms. The molecule has 1 N–H and O–H groups in total. The summed E-state index contributed by atoms with van der Waals surface area (Å²) >= 11 is 0. The second kappa shape index (κ2) is 7.49. The number of anilines is 1. The molecule has 7 heteroatoms. The maximum atomic E-state index is 12.5. The first kappa shape index (κ1) is 17.3. The van der Waals surface area contributed by atoms with Gasteiger partial charge >= 0.3 is 0 Å². The van der Waals surface area contributed by atoms with Crippen molar-refractivity contribution in [2.24, 2.45) is 0 Å². The van der Waals surface area contributed by atoms with Gasteiger partial charge in [0.2, 0.25) is 15.9 Å². The number of piperidine rings is 1. The number of carbonyl (C=O) groups excluding carboxylic acids is 1. The third kappa shape index (κ3) is 4.71. The number of benzene rings is 1. The van der Waals surface area contributed by atoms with Gasteiger partial charge in [0.1, 0.15) is 18.4 Å².